The number of hydrogen-bond donors (Lipinski definition) is 2. The fourth-order valence-electron chi connectivity index (χ4n) is 6.39. The van der Waals surface area contributed by atoms with Gasteiger partial charge in [-0.15, -0.1) is 0 Å². The van der Waals surface area contributed by atoms with Gasteiger partial charge < -0.3 is 19.9 Å². The van der Waals surface area contributed by atoms with Crippen LogP contribution >= 0.6 is 0 Å². The fraction of sp³-hybridized carbons (Fsp3) is 0.483. The van der Waals surface area contributed by atoms with Crippen molar-refractivity contribution in [3.63, 3.8) is 0 Å². The molecule has 7 heteroatoms. The Morgan fingerprint density at radius 1 is 1.14 bits per heavy atom. The van der Waals surface area contributed by atoms with Gasteiger partial charge in [0, 0.05) is 36.7 Å². The predicted molar refractivity (Wildman–Crippen MR) is 138 cm³/mol. The summed E-state index contributed by atoms with van der Waals surface area (Å²) in [4.78, 5) is 42.3. The summed E-state index contributed by atoms with van der Waals surface area (Å²) in [5.41, 5.74) is 3.41. The lowest BCUT2D eigenvalue weighted by Crippen LogP contribution is -2.49. The van der Waals surface area contributed by atoms with Crippen LogP contribution < -0.4 is 10.9 Å². The van der Waals surface area contributed by atoms with E-state index in [0.29, 0.717) is 24.2 Å². The van der Waals surface area contributed by atoms with Gasteiger partial charge in [-0.05, 0) is 55.9 Å². The second-order valence-electron chi connectivity index (χ2n) is 10.2. The molecule has 1 saturated heterocycles. The van der Waals surface area contributed by atoms with Gasteiger partial charge in [-0.2, -0.15) is 0 Å². The molecule has 0 saturated carbocycles. The Kier molecular flexibility index (Phi) is 6.84. The predicted octanol–water partition coefficient (Wildman–Crippen LogP) is 3.58. The fourth-order valence-corrected chi connectivity index (χ4v) is 6.39. The number of nitrogens with one attached hydrogen (secondary N) is 1. The summed E-state index contributed by atoms with van der Waals surface area (Å²) in [6.45, 7) is 3.80. The molecule has 0 radical (unpaired) electrons. The van der Waals surface area contributed by atoms with E-state index in [1.165, 1.54) is 0 Å². The summed E-state index contributed by atoms with van der Waals surface area (Å²) >= 11 is 0. The van der Waals surface area contributed by atoms with E-state index in [1.54, 1.807) is 9.47 Å². The molecule has 2 N–H and O–H groups in total. The van der Waals surface area contributed by atoms with Crippen molar-refractivity contribution in [3.8, 4) is 0 Å². The number of pyridine rings is 1. The molecule has 1 aromatic heterocycles. The molecule has 5 atom stereocenters. The number of benzene rings is 1. The van der Waals surface area contributed by atoms with Crippen molar-refractivity contribution >= 4 is 17.4 Å². The summed E-state index contributed by atoms with van der Waals surface area (Å²) in [5.74, 6) is -1.36. The number of hydrogen-bond acceptors (Lipinski definition) is 4. The molecule has 190 valence electrons. The molecule has 3 heterocycles. The molecular weight excluding hydrogens is 454 g/mol. The van der Waals surface area contributed by atoms with Crippen LogP contribution in [0.25, 0.3) is 5.57 Å². The maximum absolute atomic E-state index is 13.7. The highest BCUT2D eigenvalue weighted by Crippen LogP contribution is 2.49. The Labute approximate surface area is 211 Å². The second kappa shape index (κ2) is 10.1. The van der Waals surface area contributed by atoms with Crippen LogP contribution in [0, 0.1) is 11.8 Å². The molecular formula is C29H35N3O4. The summed E-state index contributed by atoms with van der Waals surface area (Å²) in [5, 5.41) is 13.6. The highest BCUT2D eigenvalue weighted by atomic mass is 16.3. The Hall–Kier alpha value is -3.19. The number of aromatic nitrogens is 1. The molecule has 2 bridgehead atoms. The minimum Gasteiger partial charge on any atom is -0.396 e. The first-order chi connectivity index (χ1) is 17.5. The first-order valence-electron chi connectivity index (χ1n) is 13.2. The lowest BCUT2D eigenvalue weighted by Gasteiger charge is -2.38. The van der Waals surface area contributed by atoms with E-state index in [2.05, 4.69) is 11.4 Å². The Balaban J connectivity index is 1.55. The van der Waals surface area contributed by atoms with Crippen molar-refractivity contribution in [2.75, 3.05) is 6.61 Å². The minimum atomic E-state index is -0.644. The van der Waals surface area contributed by atoms with Crippen LogP contribution in [0.5, 0.6) is 0 Å². The minimum absolute atomic E-state index is 0.0605. The van der Waals surface area contributed by atoms with Gasteiger partial charge in [0.2, 0.25) is 11.8 Å². The van der Waals surface area contributed by atoms with E-state index >= 15 is 0 Å². The highest BCUT2D eigenvalue weighted by Gasteiger charge is 2.57. The van der Waals surface area contributed by atoms with Gasteiger partial charge in [-0.1, -0.05) is 43.3 Å². The van der Waals surface area contributed by atoms with E-state index in [1.807, 2.05) is 56.3 Å². The zero-order valence-electron chi connectivity index (χ0n) is 21.0. The van der Waals surface area contributed by atoms with Gasteiger partial charge in [0.25, 0.3) is 5.56 Å². The second-order valence-corrected chi connectivity index (χ2v) is 10.2. The zero-order valence-corrected chi connectivity index (χ0v) is 21.0. The summed E-state index contributed by atoms with van der Waals surface area (Å²) in [7, 11) is 0. The zero-order chi connectivity index (χ0) is 25.4. The quantitative estimate of drug-likeness (QED) is 0.649. The van der Waals surface area contributed by atoms with E-state index in [-0.39, 0.29) is 30.0 Å². The third-order valence-corrected chi connectivity index (χ3v) is 8.23. The van der Waals surface area contributed by atoms with Crippen LogP contribution in [0.3, 0.4) is 0 Å². The number of allylic oxidation sites excluding steroid dienone is 2. The summed E-state index contributed by atoms with van der Waals surface area (Å²) < 4.78 is 1.76. The number of aliphatic hydroxyl groups excluding tert-OH is 1. The SMILES string of the molecule is CCC(=O)N1[C@@H]2Cn3c(ccc(C4=CCCCC4)c3=O)[C@H]1[C@@H](C(=O)N[C@@H](C)c1ccccc1)[C@@H]2CO. The van der Waals surface area contributed by atoms with Crippen molar-refractivity contribution in [2.24, 2.45) is 11.8 Å². The number of nitrogens with zero attached hydrogens (tertiary/aromatic N) is 2. The topological polar surface area (TPSA) is 91.6 Å². The number of carbonyl (C=O) groups is 2. The lowest BCUT2D eigenvalue weighted by atomic mass is 9.86. The average Bonchev–Trinajstić information content (AvgIpc) is 3.16. The average molecular weight is 490 g/mol. The summed E-state index contributed by atoms with van der Waals surface area (Å²) in [6, 6.07) is 12.3. The molecule has 36 heavy (non-hydrogen) atoms. The molecule has 7 nitrogen and oxygen atoms in total. The third-order valence-electron chi connectivity index (χ3n) is 8.23. The van der Waals surface area contributed by atoms with E-state index < -0.39 is 23.9 Å². The van der Waals surface area contributed by atoms with E-state index in [0.717, 1.165) is 36.8 Å². The maximum Gasteiger partial charge on any atom is 0.258 e. The molecule has 1 fully saturated rings. The van der Waals surface area contributed by atoms with Crippen LogP contribution in [0.4, 0.5) is 0 Å². The van der Waals surface area contributed by atoms with Gasteiger partial charge in [0.1, 0.15) is 0 Å². The normalized spacial score (nSPS) is 25.6. The summed E-state index contributed by atoms with van der Waals surface area (Å²) in [6.07, 6.45) is 6.55. The van der Waals surface area contributed by atoms with Gasteiger partial charge in [0.15, 0.2) is 0 Å². The number of carbonyl (C=O) groups excluding carboxylic acids is 2. The van der Waals surface area contributed by atoms with Crippen LogP contribution in [0.15, 0.2) is 53.3 Å². The smallest absolute Gasteiger partial charge is 0.258 e. The number of fused-ring (bicyclic) bond motifs is 4. The van der Waals surface area contributed by atoms with Crippen molar-refractivity contribution in [1.82, 2.24) is 14.8 Å². The van der Waals surface area contributed by atoms with Crippen molar-refractivity contribution in [3.05, 3.63) is 75.7 Å². The van der Waals surface area contributed by atoms with Crippen LogP contribution in [-0.2, 0) is 16.1 Å². The largest absolute Gasteiger partial charge is 0.396 e. The van der Waals surface area contributed by atoms with Gasteiger partial charge in [0.05, 0.1) is 24.0 Å². The van der Waals surface area contributed by atoms with Crippen molar-refractivity contribution in [1.29, 1.82) is 0 Å². The molecule has 2 amide bonds. The lowest BCUT2D eigenvalue weighted by molar-refractivity contribution is -0.136. The molecule has 1 aliphatic carbocycles. The number of aliphatic hydroxyl groups is 1. The molecule has 3 aliphatic rings. The van der Waals surface area contributed by atoms with Crippen molar-refractivity contribution < 1.29 is 14.7 Å². The number of amides is 2. The van der Waals surface area contributed by atoms with E-state index in [9.17, 15) is 19.5 Å². The van der Waals surface area contributed by atoms with Crippen LogP contribution in [-0.4, -0.2) is 39.0 Å². The van der Waals surface area contributed by atoms with Crippen LogP contribution in [0.1, 0.15) is 74.9 Å². The van der Waals surface area contributed by atoms with Gasteiger partial charge >= 0.3 is 0 Å². The third kappa shape index (κ3) is 4.09. The van der Waals surface area contributed by atoms with E-state index in [4.69, 9.17) is 0 Å². The molecule has 2 aliphatic heterocycles. The Bertz CT molecular complexity index is 1230. The molecule has 0 unspecified atom stereocenters. The maximum atomic E-state index is 13.7. The molecule has 5 rings (SSSR count). The first kappa shape index (κ1) is 24.5. The Morgan fingerprint density at radius 3 is 2.58 bits per heavy atom. The molecule has 1 aromatic carbocycles. The first-order valence-corrected chi connectivity index (χ1v) is 13.2. The standard InChI is InChI=1S/C29H35N3O4/c1-3-25(34)32-24-16-31-23(15-14-21(29(31)36)20-12-8-5-9-13-20)27(32)26(22(24)17-33)28(35)30-18(2)19-10-6-4-7-11-19/h4,6-7,10-12,14-15,18,22,24,26-27,33H,3,5,8-9,13,16-17H2,1-2H3,(H,30,35)/t18-,22+,24+,26-,27-/m0/s1. The molecule has 2 aromatic rings. The molecule has 0 spiro atoms. The number of rotatable bonds is 6. The van der Waals surface area contributed by atoms with Crippen molar-refractivity contribution in [2.45, 2.75) is 70.6 Å². The van der Waals surface area contributed by atoms with Crippen LogP contribution in [0.2, 0.25) is 0 Å². The Morgan fingerprint density at radius 2 is 1.92 bits per heavy atom. The van der Waals surface area contributed by atoms with Gasteiger partial charge in [-0.25, -0.2) is 0 Å². The van der Waals surface area contributed by atoms with Gasteiger partial charge in [-0.3, -0.25) is 14.4 Å². The monoisotopic (exact) mass is 489 g/mol. The highest BCUT2D eigenvalue weighted by molar-refractivity contribution is 5.84.